The smallest absolute Gasteiger partial charge is 0.254 e. The first-order valence-electron chi connectivity index (χ1n) is 10.7. The molecule has 2 aromatic heterocycles. The second kappa shape index (κ2) is 6.68. The lowest BCUT2D eigenvalue weighted by Crippen LogP contribution is -2.37. The number of nitrogens with zero attached hydrogens (tertiary/aromatic N) is 4. The SMILES string of the molecule is Cc1ccc2c(C(=O)N3C[C@@H]4CC[C@@H]3C4)cc(-c3cnn(C(C)C)c3)nc2c1C. The second-order valence-electron chi connectivity index (χ2n) is 9.05. The molecule has 0 N–H and O–H groups in total. The Morgan fingerprint density at radius 3 is 2.69 bits per heavy atom. The largest absolute Gasteiger partial charge is 0.335 e. The van der Waals surface area contributed by atoms with E-state index >= 15 is 0 Å². The van der Waals surface area contributed by atoms with E-state index in [0.717, 1.165) is 46.3 Å². The van der Waals surface area contributed by atoms with Gasteiger partial charge in [-0.15, -0.1) is 0 Å². The van der Waals surface area contributed by atoms with Crippen LogP contribution in [0.5, 0.6) is 0 Å². The summed E-state index contributed by atoms with van der Waals surface area (Å²) >= 11 is 0. The highest BCUT2D eigenvalue weighted by Gasteiger charge is 2.40. The number of aromatic nitrogens is 3. The third kappa shape index (κ3) is 2.95. The molecular weight excluding hydrogens is 360 g/mol. The van der Waals surface area contributed by atoms with Gasteiger partial charge in [0.15, 0.2) is 0 Å². The number of aryl methyl sites for hydroxylation is 2. The molecule has 0 spiro atoms. The van der Waals surface area contributed by atoms with Gasteiger partial charge in [0.2, 0.25) is 0 Å². The number of pyridine rings is 1. The summed E-state index contributed by atoms with van der Waals surface area (Å²) in [6.07, 6.45) is 7.46. The number of rotatable bonds is 3. The van der Waals surface area contributed by atoms with Gasteiger partial charge in [0.1, 0.15) is 0 Å². The quantitative estimate of drug-likeness (QED) is 0.640. The summed E-state index contributed by atoms with van der Waals surface area (Å²) in [7, 11) is 0. The summed E-state index contributed by atoms with van der Waals surface area (Å²) in [6, 6.07) is 6.84. The Kier molecular flexibility index (Phi) is 4.23. The lowest BCUT2D eigenvalue weighted by molar-refractivity contribution is 0.0705. The van der Waals surface area contributed by atoms with E-state index in [1.54, 1.807) is 0 Å². The van der Waals surface area contributed by atoms with Gasteiger partial charge in [0.05, 0.1) is 23.0 Å². The minimum Gasteiger partial charge on any atom is -0.335 e. The van der Waals surface area contributed by atoms with Gasteiger partial charge in [-0.3, -0.25) is 9.48 Å². The Morgan fingerprint density at radius 2 is 2.03 bits per heavy atom. The Hall–Kier alpha value is -2.69. The first-order valence-corrected chi connectivity index (χ1v) is 10.7. The molecule has 1 saturated heterocycles. The lowest BCUT2D eigenvalue weighted by Gasteiger charge is -2.27. The predicted molar refractivity (Wildman–Crippen MR) is 115 cm³/mol. The molecule has 5 heteroatoms. The van der Waals surface area contributed by atoms with Gasteiger partial charge >= 0.3 is 0 Å². The number of fused-ring (bicyclic) bond motifs is 3. The van der Waals surface area contributed by atoms with Gasteiger partial charge in [0, 0.05) is 35.8 Å². The molecule has 150 valence electrons. The van der Waals surface area contributed by atoms with Crippen molar-refractivity contribution in [3.8, 4) is 11.3 Å². The highest BCUT2D eigenvalue weighted by Crippen LogP contribution is 2.39. The zero-order chi connectivity index (χ0) is 20.3. The molecule has 29 heavy (non-hydrogen) atoms. The van der Waals surface area contributed by atoms with Gasteiger partial charge in [-0.2, -0.15) is 5.10 Å². The van der Waals surface area contributed by atoms with Crippen molar-refractivity contribution in [1.82, 2.24) is 19.7 Å². The van der Waals surface area contributed by atoms with Crippen molar-refractivity contribution in [2.45, 2.75) is 59.0 Å². The van der Waals surface area contributed by atoms with Crippen LogP contribution in [0.2, 0.25) is 0 Å². The molecule has 5 nitrogen and oxygen atoms in total. The van der Waals surface area contributed by atoms with Crippen molar-refractivity contribution >= 4 is 16.8 Å². The molecule has 5 rings (SSSR count). The lowest BCUT2D eigenvalue weighted by atomic mass is 9.98. The van der Waals surface area contributed by atoms with E-state index in [1.165, 1.54) is 18.4 Å². The van der Waals surface area contributed by atoms with Crippen LogP contribution in [-0.2, 0) is 0 Å². The van der Waals surface area contributed by atoms with E-state index in [4.69, 9.17) is 4.98 Å². The predicted octanol–water partition coefficient (Wildman–Crippen LogP) is 4.92. The highest BCUT2D eigenvalue weighted by molar-refractivity contribution is 6.08. The Morgan fingerprint density at radius 1 is 1.21 bits per heavy atom. The van der Waals surface area contributed by atoms with Crippen LogP contribution in [0.25, 0.3) is 22.2 Å². The van der Waals surface area contributed by atoms with Crippen LogP contribution in [0, 0.1) is 19.8 Å². The van der Waals surface area contributed by atoms with Crippen LogP contribution in [-0.4, -0.2) is 38.2 Å². The van der Waals surface area contributed by atoms with Crippen molar-refractivity contribution in [3.63, 3.8) is 0 Å². The van der Waals surface area contributed by atoms with E-state index < -0.39 is 0 Å². The van der Waals surface area contributed by atoms with Crippen LogP contribution >= 0.6 is 0 Å². The summed E-state index contributed by atoms with van der Waals surface area (Å²) in [4.78, 5) is 20.7. The molecule has 1 aliphatic heterocycles. The van der Waals surface area contributed by atoms with Crippen molar-refractivity contribution < 1.29 is 4.79 Å². The molecule has 0 radical (unpaired) electrons. The fourth-order valence-electron chi connectivity index (χ4n) is 4.94. The second-order valence-corrected chi connectivity index (χ2v) is 9.05. The van der Waals surface area contributed by atoms with Crippen molar-refractivity contribution in [2.75, 3.05) is 6.54 Å². The topological polar surface area (TPSA) is 51.0 Å². The zero-order valence-electron chi connectivity index (χ0n) is 17.6. The molecule has 1 saturated carbocycles. The van der Waals surface area contributed by atoms with Gasteiger partial charge in [-0.05, 0) is 70.1 Å². The monoisotopic (exact) mass is 388 g/mol. The van der Waals surface area contributed by atoms with Gasteiger partial charge in [-0.25, -0.2) is 4.98 Å². The summed E-state index contributed by atoms with van der Waals surface area (Å²) in [5.41, 5.74) is 5.81. The van der Waals surface area contributed by atoms with Crippen LogP contribution in [0.3, 0.4) is 0 Å². The molecule has 2 bridgehead atoms. The standard InChI is InChI=1S/C24H28N4O/c1-14(2)28-13-18(11-25-28)22-10-21(20-8-5-15(3)16(4)23(20)26-22)24(29)27-12-17-6-7-19(27)9-17/h5,8,10-11,13-14,17,19H,6-7,9,12H2,1-4H3/t17-,19-/m1/s1. The van der Waals surface area contributed by atoms with E-state index in [2.05, 4.69) is 49.8 Å². The number of carbonyl (C=O) groups excluding carboxylic acids is 1. The van der Waals surface area contributed by atoms with Crippen molar-refractivity contribution in [2.24, 2.45) is 5.92 Å². The van der Waals surface area contributed by atoms with Crippen LogP contribution < -0.4 is 0 Å². The molecule has 2 fully saturated rings. The van der Waals surface area contributed by atoms with Gasteiger partial charge < -0.3 is 4.90 Å². The zero-order valence-corrected chi connectivity index (χ0v) is 17.6. The molecule has 0 unspecified atom stereocenters. The third-order valence-corrected chi connectivity index (χ3v) is 6.83. The average Bonchev–Trinajstić information content (AvgIpc) is 3.46. The van der Waals surface area contributed by atoms with Gasteiger partial charge in [0.25, 0.3) is 5.91 Å². The summed E-state index contributed by atoms with van der Waals surface area (Å²) in [6.45, 7) is 9.31. The molecule has 3 aromatic rings. The first-order chi connectivity index (χ1) is 13.9. The Balaban J connectivity index is 1.67. The molecule has 2 aliphatic rings. The number of carbonyl (C=O) groups is 1. The summed E-state index contributed by atoms with van der Waals surface area (Å²) < 4.78 is 1.94. The number of likely N-dealkylation sites (tertiary alicyclic amines) is 1. The molecule has 1 aromatic carbocycles. The first kappa shape index (κ1) is 18.3. The van der Waals surface area contributed by atoms with Crippen LogP contribution in [0.15, 0.2) is 30.6 Å². The third-order valence-electron chi connectivity index (χ3n) is 6.83. The maximum atomic E-state index is 13.6. The van der Waals surface area contributed by atoms with E-state index in [-0.39, 0.29) is 11.9 Å². The fraction of sp³-hybridized carbons (Fsp3) is 0.458. The molecule has 1 amide bonds. The maximum Gasteiger partial charge on any atom is 0.254 e. The average molecular weight is 389 g/mol. The fourth-order valence-corrected chi connectivity index (χ4v) is 4.94. The highest BCUT2D eigenvalue weighted by atomic mass is 16.2. The van der Waals surface area contributed by atoms with E-state index in [0.29, 0.717) is 12.0 Å². The maximum absolute atomic E-state index is 13.6. The molecule has 2 atom stereocenters. The van der Waals surface area contributed by atoms with E-state index in [1.807, 2.05) is 23.1 Å². The molecular formula is C24H28N4O. The molecule has 3 heterocycles. The van der Waals surface area contributed by atoms with Crippen LogP contribution in [0.4, 0.5) is 0 Å². The Labute approximate surface area is 171 Å². The minimum absolute atomic E-state index is 0.158. The minimum atomic E-state index is 0.158. The molecule has 1 aliphatic carbocycles. The Bertz CT molecular complexity index is 1110. The normalized spacial score (nSPS) is 20.9. The number of benzene rings is 1. The van der Waals surface area contributed by atoms with E-state index in [9.17, 15) is 4.79 Å². The summed E-state index contributed by atoms with van der Waals surface area (Å²) in [5, 5.41) is 5.44. The number of hydrogen-bond acceptors (Lipinski definition) is 3. The van der Waals surface area contributed by atoms with Crippen LogP contribution in [0.1, 0.15) is 60.6 Å². The number of piperidine rings is 1. The summed E-state index contributed by atoms with van der Waals surface area (Å²) in [5.74, 6) is 0.843. The van der Waals surface area contributed by atoms with Crippen molar-refractivity contribution in [3.05, 3.63) is 47.3 Å². The van der Waals surface area contributed by atoms with Gasteiger partial charge in [-0.1, -0.05) is 12.1 Å². The number of hydrogen-bond donors (Lipinski definition) is 0. The number of amides is 1. The van der Waals surface area contributed by atoms with Crippen molar-refractivity contribution in [1.29, 1.82) is 0 Å².